The Hall–Kier alpha value is -1.18. The van der Waals surface area contributed by atoms with Crippen LogP contribution in [0.3, 0.4) is 0 Å². The molecular weight excluding hydrogens is 332 g/mol. The monoisotopic (exact) mass is 355 g/mol. The molecule has 0 aromatic heterocycles. The summed E-state index contributed by atoms with van der Waals surface area (Å²) in [6.45, 7) is 2.38. The van der Waals surface area contributed by atoms with Crippen LogP contribution in [0.2, 0.25) is 0 Å². The van der Waals surface area contributed by atoms with E-state index in [1.807, 2.05) is 11.8 Å². The van der Waals surface area contributed by atoms with Gasteiger partial charge in [0.2, 0.25) is 5.91 Å². The highest BCUT2D eigenvalue weighted by atomic mass is 32.2. The maximum Gasteiger partial charge on any atom is 0.221 e. The second-order valence-electron chi connectivity index (χ2n) is 6.38. The van der Waals surface area contributed by atoms with Gasteiger partial charge in [-0.05, 0) is 30.7 Å². The number of carbonyl (C=O) groups excluding carboxylic acids is 1. The molecule has 132 valence electrons. The average molecular weight is 355 g/mol. The van der Waals surface area contributed by atoms with E-state index in [1.165, 1.54) is 6.07 Å². The van der Waals surface area contributed by atoms with Crippen molar-refractivity contribution in [3.8, 4) is 0 Å². The summed E-state index contributed by atoms with van der Waals surface area (Å²) in [5, 5.41) is 9.70. The first-order valence-corrected chi connectivity index (χ1v) is 9.55. The van der Waals surface area contributed by atoms with E-state index in [-0.39, 0.29) is 23.9 Å². The summed E-state index contributed by atoms with van der Waals surface area (Å²) in [7, 11) is 0. The van der Waals surface area contributed by atoms with Crippen molar-refractivity contribution in [3.63, 3.8) is 0 Å². The standard InChI is InChI=1S/C17H23F2N3OS/c18-14-2-1-11(7-15(14)19)13-3-4-20-9-16(13)22-17(23)8-12-10-24-6-5-21-12/h1-2,7,12-13,16,20-21H,3-6,8-10H2,(H,22,23). The first kappa shape index (κ1) is 17.6. The third-order valence-corrected chi connectivity index (χ3v) is 5.76. The average Bonchev–Trinajstić information content (AvgIpc) is 2.59. The van der Waals surface area contributed by atoms with Gasteiger partial charge in [-0.2, -0.15) is 11.8 Å². The highest BCUT2D eigenvalue weighted by molar-refractivity contribution is 7.99. The molecule has 3 N–H and O–H groups in total. The molecule has 4 nitrogen and oxygen atoms in total. The number of carbonyl (C=O) groups is 1. The lowest BCUT2D eigenvalue weighted by Gasteiger charge is -2.34. The van der Waals surface area contributed by atoms with Crippen LogP contribution in [0.5, 0.6) is 0 Å². The molecular formula is C17H23F2N3OS. The maximum atomic E-state index is 13.5. The summed E-state index contributed by atoms with van der Waals surface area (Å²) < 4.78 is 26.7. The zero-order valence-electron chi connectivity index (χ0n) is 13.5. The third-order valence-electron chi connectivity index (χ3n) is 4.63. The van der Waals surface area contributed by atoms with Crippen molar-refractivity contribution >= 4 is 17.7 Å². The van der Waals surface area contributed by atoms with Gasteiger partial charge in [-0.15, -0.1) is 0 Å². The van der Waals surface area contributed by atoms with Crippen molar-refractivity contribution in [1.82, 2.24) is 16.0 Å². The molecule has 1 aromatic carbocycles. The zero-order valence-corrected chi connectivity index (χ0v) is 14.3. The van der Waals surface area contributed by atoms with Crippen molar-refractivity contribution in [1.29, 1.82) is 0 Å². The predicted molar refractivity (Wildman–Crippen MR) is 92.2 cm³/mol. The van der Waals surface area contributed by atoms with Gasteiger partial charge in [0.1, 0.15) is 0 Å². The Morgan fingerprint density at radius 2 is 2.17 bits per heavy atom. The Morgan fingerprint density at radius 1 is 1.29 bits per heavy atom. The Balaban J connectivity index is 1.63. The van der Waals surface area contributed by atoms with Crippen LogP contribution in [0, 0.1) is 11.6 Å². The van der Waals surface area contributed by atoms with Crippen LogP contribution in [0.1, 0.15) is 24.3 Å². The van der Waals surface area contributed by atoms with Crippen molar-refractivity contribution in [3.05, 3.63) is 35.4 Å². The van der Waals surface area contributed by atoms with Gasteiger partial charge in [0.05, 0.1) is 0 Å². The number of benzene rings is 1. The van der Waals surface area contributed by atoms with Gasteiger partial charge in [0.25, 0.3) is 0 Å². The van der Waals surface area contributed by atoms with Crippen molar-refractivity contribution < 1.29 is 13.6 Å². The SMILES string of the molecule is O=C(CC1CSCCN1)NC1CNCCC1c1ccc(F)c(F)c1. The molecule has 2 saturated heterocycles. The fourth-order valence-electron chi connectivity index (χ4n) is 3.39. The minimum atomic E-state index is -0.839. The molecule has 2 heterocycles. The number of halogens is 2. The van der Waals surface area contributed by atoms with Gasteiger partial charge < -0.3 is 16.0 Å². The summed E-state index contributed by atoms with van der Waals surface area (Å²) >= 11 is 1.86. The van der Waals surface area contributed by atoms with E-state index >= 15 is 0 Å². The summed E-state index contributed by atoms with van der Waals surface area (Å²) in [5.74, 6) is 0.371. The quantitative estimate of drug-likeness (QED) is 0.768. The molecule has 0 radical (unpaired) electrons. The minimum absolute atomic E-state index is 0.000935. The van der Waals surface area contributed by atoms with E-state index in [0.717, 1.165) is 42.6 Å². The minimum Gasteiger partial charge on any atom is -0.351 e. The number of rotatable bonds is 4. The Labute approximate surface area is 145 Å². The smallest absolute Gasteiger partial charge is 0.221 e. The lowest BCUT2D eigenvalue weighted by atomic mass is 9.86. The first-order chi connectivity index (χ1) is 11.6. The second-order valence-corrected chi connectivity index (χ2v) is 7.53. The van der Waals surface area contributed by atoms with Gasteiger partial charge in [-0.3, -0.25) is 4.79 Å². The molecule has 3 rings (SSSR count). The molecule has 2 fully saturated rings. The number of thioether (sulfide) groups is 1. The number of hydrogen-bond donors (Lipinski definition) is 3. The number of hydrogen-bond acceptors (Lipinski definition) is 4. The van der Waals surface area contributed by atoms with E-state index in [2.05, 4.69) is 16.0 Å². The lowest BCUT2D eigenvalue weighted by molar-refractivity contribution is -0.122. The molecule has 2 aliphatic rings. The van der Waals surface area contributed by atoms with Gasteiger partial charge in [-0.1, -0.05) is 6.07 Å². The van der Waals surface area contributed by atoms with E-state index in [9.17, 15) is 13.6 Å². The van der Waals surface area contributed by atoms with Crippen LogP contribution in [0.15, 0.2) is 18.2 Å². The van der Waals surface area contributed by atoms with Crippen LogP contribution in [0.25, 0.3) is 0 Å². The molecule has 1 aromatic rings. The van der Waals surface area contributed by atoms with Crippen molar-refractivity contribution in [2.75, 3.05) is 31.1 Å². The fourth-order valence-corrected chi connectivity index (χ4v) is 4.34. The Bertz CT molecular complexity index is 581. The summed E-state index contributed by atoms with van der Waals surface area (Å²) in [6.07, 6.45) is 1.24. The van der Waals surface area contributed by atoms with E-state index in [4.69, 9.17) is 0 Å². The summed E-state index contributed by atoms with van der Waals surface area (Å²) in [4.78, 5) is 12.4. The third kappa shape index (κ3) is 4.46. The molecule has 2 aliphatic heterocycles. The van der Waals surface area contributed by atoms with Crippen LogP contribution in [-0.2, 0) is 4.79 Å². The number of nitrogens with one attached hydrogen (secondary N) is 3. The van der Waals surface area contributed by atoms with Crippen LogP contribution >= 0.6 is 11.8 Å². The topological polar surface area (TPSA) is 53.2 Å². The summed E-state index contributed by atoms with van der Waals surface area (Å²) in [6, 6.07) is 4.14. The van der Waals surface area contributed by atoms with Gasteiger partial charge in [-0.25, -0.2) is 8.78 Å². The fraction of sp³-hybridized carbons (Fsp3) is 0.588. The number of amides is 1. The zero-order chi connectivity index (χ0) is 16.9. The molecule has 0 saturated carbocycles. The highest BCUT2D eigenvalue weighted by Crippen LogP contribution is 2.27. The van der Waals surface area contributed by atoms with Gasteiger partial charge in [0.15, 0.2) is 11.6 Å². The second kappa shape index (κ2) is 8.27. The largest absolute Gasteiger partial charge is 0.351 e. The highest BCUT2D eigenvalue weighted by Gasteiger charge is 2.29. The van der Waals surface area contributed by atoms with Crippen molar-refractivity contribution in [2.24, 2.45) is 0 Å². The predicted octanol–water partition coefficient (Wildman–Crippen LogP) is 1.62. The van der Waals surface area contributed by atoms with Crippen LogP contribution in [0.4, 0.5) is 8.78 Å². The van der Waals surface area contributed by atoms with Crippen LogP contribution < -0.4 is 16.0 Å². The summed E-state index contributed by atoms with van der Waals surface area (Å²) in [5.41, 5.74) is 0.743. The first-order valence-electron chi connectivity index (χ1n) is 8.39. The molecule has 3 unspecified atom stereocenters. The Kier molecular flexibility index (Phi) is 6.08. The molecule has 0 bridgehead atoms. The van der Waals surface area contributed by atoms with Crippen molar-refractivity contribution in [2.45, 2.75) is 30.8 Å². The maximum absolute atomic E-state index is 13.5. The molecule has 0 aliphatic carbocycles. The molecule has 7 heteroatoms. The molecule has 1 amide bonds. The molecule has 0 spiro atoms. The van der Waals surface area contributed by atoms with Gasteiger partial charge in [0, 0.05) is 49.0 Å². The van der Waals surface area contributed by atoms with Gasteiger partial charge >= 0.3 is 0 Å². The van der Waals surface area contributed by atoms with E-state index in [0.29, 0.717) is 13.0 Å². The van der Waals surface area contributed by atoms with E-state index < -0.39 is 11.6 Å². The molecule has 24 heavy (non-hydrogen) atoms. The Morgan fingerprint density at radius 3 is 2.92 bits per heavy atom. The number of piperidine rings is 1. The molecule has 3 atom stereocenters. The normalized spacial score (nSPS) is 27.7. The lowest BCUT2D eigenvalue weighted by Crippen LogP contribution is -2.51. The van der Waals surface area contributed by atoms with Crippen LogP contribution in [-0.4, -0.2) is 49.1 Å². The van der Waals surface area contributed by atoms with E-state index in [1.54, 1.807) is 6.07 Å².